The lowest BCUT2D eigenvalue weighted by Crippen LogP contribution is -2.22. The first-order valence-electron chi connectivity index (χ1n) is 15.9. The standard InChI is InChI=1S/C38H38O9/c1-3-35(39)44-20-8-7-19-43-32-16-18-34-28(24-32)23-27-22-26(11-17-33(27)34)38(42)47-31-14-12-30(13-15-31)46-37(41)25(2)21-36(40)45-29-9-5-4-6-10-29/h3,11-18,22,24,29H,1-2,4-10,19-21,23H2. The van der Waals surface area contributed by atoms with Crippen LogP contribution in [0.2, 0.25) is 0 Å². The first-order chi connectivity index (χ1) is 22.8. The van der Waals surface area contributed by atoms with Gasteiger partial charge >= 0.3 is 23.9 Å². The van der Waals surface area contributed by atoms with Gasteiger partial charge in [0, 0.05) is 11.6 Å². The van der Waals surface area contributed by atoms with Gasteiger partial charge in [0.15, 0.2) is 0 Å². The second-order valence-corrected chi connectivity index (χ2v) is 11.6. The molecule has 0 atom stereocenters. The van der Waals surface area contributed by atoms with Crippen LogP contribution in [0.5, 0.6) is 17.2 Å². The Morgan fingerprint density at radius 3 is 2.13 bits per heavy atom. The highest BCUT2D eigenvalue weighted by Crippen LogP contribution is 2.39. The van der Waals surface area contributed by atoms with Crippen LogP contribution in [0.1, 0.15) is 72.9 Å². The van der Waals surface area contributed by atoms with E-state index >= 15 is 0 Å². The molecule has 9 heteroatoms. The fourth-order valence-corrected chi connectivity index (χ4v) is 5.61. The molecule has 47 heavy (non-hydrogen) atoms. The number of benzene rings is 3. The number of ether oxygens (including phenoxy) is 5. The molecule has 9 nitrogen and oxygen atoms in total. The average molecular weight is 639 g/mol. The summed E-state index contributed by atoms with van der Waals surface area (Å²) in [5.74, 6) is -0.875. The maximum Gasteiger partial charge on any atom is 0.343 e. The van der Waals surface area contributed by atoms with Gasteiger partial charge in [0.1, 0.15) is 23.4 Å². The van der Waals surface area contributed by atoms with Crippen LogP contribution in [0.4, 0.5) is 0 Å². The van der Waals surface area contributed by atoms with E-state index in [-0.39, 0.29) is 29.6 Å². The van der Waals surface area contributed by atoms with Gasteiger partial charge in [-0.3, -0.25) is 4.79 Å². The predicted molar refractivity (Wildman–Crippen MR) is 174 cm³/mol. The topological polar surface area (TPSA) is 114 Å². The third kappa shape index (κ3) is 9.19. The van der Waals surface area contributed by atoms with Crippen LogP contribution in [0, 0.1) is 0 Å². The Morgan fingerprint density at radius 1 is 0.766 bits per heavy atom. The van der Waals surface area contributed by atoms with Gasteiger partial charge in [0.2, 0.25) is 0 Å². The molecule has 0 aliphatic heterocycles. The second-order valence-electron chi connectivity index (χ2n) is 11.6. The molecular weight excluding hydrogens is 600 g/mol. The minimum atomic E-state index is -0.725. The summed E-state index contributed by atoms with van der Waals surface area (Å²) in [6, 6.07) is 17.5. The van der Waals surface area contributed by atoms with Crippen molar-refractivity contribution < 1.29 is 42.9 Å². The lowest BCUT2D eigenvalue weighted by Gasteiger charge is -2.21. The molecule has 0 aromatic heterocycles. The van der Waals surface area contributed by atoms with E-state index in [0.29, 0.717) is 31.6 Å². The third-order valence-corrected chi connectivity index (χ3v) is 8.05. The monoisotopic (exact) mass is 638 g/mol. The van der Waals surface area contributed by atoms with Crippen LogP contribution in [-0.2, 0) is 30.3 Å². The number of carbonyl (C=O) groups excluding carboxylic acids is 4. The van der Waals surface area contributed by atoms with Crippen molar-refractivity contribution in [2.45, 2.75) is 63.9 Å². The predicted octanol–water partition coefficient (Wildman–Crippen LogP) is 7.09. The highest BCUT2D eigenvalue weighted by molar-refractivity contribution is 5.95. The summed E-state index contributed by atoms with van der Waals surface area (Å²) in [6.45, 7) is 7.88. The van der Waals surface area contributed by atoms with E-state index in [1.54, 1.807) is 6.07 Å². The van der Waals surface area contributed by atoms with E-state index < -0.39 is 23.9 Å². The normalized spacial score (nSPS) is 13.4. The molecule has 0 saturated heterocycles. The van der Waals surface area contributed by atoms with E-state index in [1.807, 2.05) is 30.3 Å². The summed E-state index contributed by atoms with van der Waals surface area (Å²) in [7, 11) is 0. The molecule has 3 aromatic carbocycles. The number of rotatable bonds is 14. The van der Waals surface area contributed by atoms with Crippen molar-refractivity contribution >= 4 is 23.9 Å². The summed E-state index contributed by atoms with van der Waals surface area (Å²) in [6.07, 6.45) is 7.83. The van der Waals surface area contributed by atoms with Gasteiger partial charge in [-0.2, -0.15) is 0 Å². The number of fused-ring (bicyclic) bond motifs is 3. The Kier molecular flexibility index (Phi) is 11.2. The van der Waals surface area contributed by atoms with Crippen LogP contribution in [0.3, 0.4) is 0 Å². The van der Waals surface area contributed by atoms with Gasteiger partial charge in [-0.25, -0.2) is 14.4 Å². The first kappa shape index (κ1) is 33.2. The van der Waals surface area contributed by atoms with Crippen molar-refractivity contribution in [2.75, 3.05) is 13.2 Å². The van der Waals surface area contributed by atoms with E-state index in [2.05, 4.69) is 13.2 Å². The highest BCUT2D eigenvalue weighted by atomic mass is 16.6. The molecule has 0 unspecified atom stereocenters. The smallest absolute Gasteiger partial charge is 0.343 e. The van der Waals surface area contributed by atoms with Crippen LogP contribution >= 0.6 is 0 Å². The van der Waals surface area contributed by atoms with Gasteiger partial charge < -0.3 is 23.7 Å². The van der Waals surface area contributed by atoms with Crippen molar-refractivity contribution in [3.05, 3.63) is 102 Å². The number of hydrogen-bond donors (Lipinski definition) is 0. The number of carbonyl (C=O) groups is 4. The Hall–Kier alpha value is -5.18. The quantitative estimate of drug-likeness (QED) is 0.0618. The van der Waals surface area contributed by atoms with Gasteiger partial charge in [0.05, 0.1) is 25.2 Å². The Balaban J connectivity index is 1.08. The molecular formula is C38H38O9. The minimum Gasteiger partial charge on any atom is -0.494 e. The maximum absolute atomic E-state index is 13.0. The van der Waals surface area contributed by atoms with Gasteiger partial charge in [0.25, 0.3) is 0 Å². The van der Waals surface area contributed by atoms with Crippen LogP contribution in [0.15, 0.2) is 85.5 Å². The van der Waals surface area contributed by atoms with E-state index in [1.165, 1.54) is 24.3 Å². The van der Waals surface area contributed by atoms with E-state index in [0.717, 1.165) is 72.6 Å². The molecule has 0 amide bonds. The molecule has 0 N–H and O–H groups in total. The van der Waals surface area contributed by atoms with Gasteiger partial charge in [-0.15, -0.1) is 0 Å². The maximum atomic E-state index is 13.0. The van der Waals surface area contributed by atoms with Crippen LogP contribution in [0.25, 0.3) is 11.1 Å². The SMILES string of the molecule is C=CC(=O)OCCCCOc1ccc2c(c1)Cc1cc(C(=O)Oc3ccc(OC(=O)C(=C)CC(=O)OC4CCCCC4)cc3)ccc1-2. The van der Waals surface area contributed by atoms with Crippen LogP contribution in [-0.4, -0.2) is 43.2 Å². The fourth-order valence-electron chi connectivity index (χ4n) is 5.61. The largest absolute Gasteiger partial charge is 0.494 e. The molecule has 0 radical (unpaired) electrons. The summed E-state index contributed by atoms with van der Waals surface area (Å²) in [5, 5.41) is 0. The Morgan fingerprint density at radius 2 is 1.40 bits per heavy atom. The van der Waals surface area contributed by atoms with Crippen molar-refractivity contribution in [2.24, 2.45) is 0 Å². The molecule has 1 fully saturated rings. The number of hydrogen-bond acceptors (Lipinski definition) is 9. The van der Waals surface area contributed by atoms with Crippen molar-refractivity contribution in [1.29, 1.82) is 0 Å². The Labute approximate surface area is 274 Å². The van der Waals surface area contributed by atoms with Crippen LogP contribution < -0.4 is 14.2 Å². The zero-order chi connectivity index (χ0) is 33.2. The molecule has 0 bridgehead atoms. The molecule has 2 aliphatic rings. The highest BCUT2D eigenvalue weighted by Gasteiger charge is 2.23. The molecule has 244 valence electrons. The number of unbranched alkanes of at least 4 members (excludes halogenated alkanes) is 1. The summed E-state index contributed by atoms with van der Waals surface area (Å²) >= 11 is 0. The van der Waals surface area contributed by atoms with Crippen molar-refractivity contribution in [1.82, 2.24) is 0 Å². The summed E-state index contributed by atoms with van der Waals surface area (Å²) in [4.78, 5) is 48.7. The summed E-state index contributed by atoms with van der Waals surface area (Å²) < 4.78 is 27.2. The fraction of sp³-hybridized carbons (Fsp3) is 0.316. The third-order valence-electron chi connectivity index (χ3n) is 8.05. The second kappa shape index (κ2) is 15.9. The average Bonchev–Trinajstić information content (AvgIpc) is 3.44. The molecule has 2 aliphatic carbocycles. The zero-order valence-electron chi connectivity index (χ0n) is 26.3. The first-order valence-corrected chi connectivity index (χ1v) is 15.9. The molecule has 0 heterocycles. The van der Waals surface area contributed by atoms with E-state index in [4.69, 9.17) is 23.7 Å². The van der Waals surface area contributed by atoms with Gasteiger partial charge in [-0.1, -0.05) is 31.7 Å². The number of esters is 4. The van der Waals surface area contributed by atoms with Gasteiger partial charge in [-0.05, 0) is 116 Å². The lowest BCUT2D eigenvalue weighted by atomic mass is 9.98. The minimum absolute atomic E-state index is 0.00419. The molecule has 1 saturated carbocycles. The summed E-state index contributed by atoms with van der Waals surface area (Å²) in [5.41, 5.74) is 4.69. The lowest BCUT2D eigenvalue weighted by molar-refractivity contribution is -0.150. The van der Waals surface area contributed by atoms with Crippen molar-refractivity contribution in [3.8, 4) is 28.4 Å². The Bertz CT molecular complexity index is 1650. The molecule has 0 spiro atoms. The van der Waals surface area contributed by atoms with E-state index in [9.17, 15) is 19.2 Å². The molecule has 3 aromatic rings. The molecule has 5 rings (SSSR count). The van der Waals surface area contributed by atoms with Crippen molar-refractivity contribution in [3.63, 3.8) is 0 Å². The zero-order valence-corrected chi connectivity index (χ0v) is 26.3.